The quantitative estimate of drug-likeness (QED) is 0.285. The number of aromatic hydroxyl groups is 2. The lowest BCUT2D eigenvalue weighted by Crippen LogP contribution is -2.30. The van der Waals surface area contributed by atoms with Gasteiger partial charge in [0.25, 0.3) is 0 Å². The van der Waals surface area contributed by atoms with Gasteiger partial charge in [-0.05, 0) is 47.4 Å². The van der Waals surface area contributed by atoms with Crippen LogP contribution in [0.3, 0.4) is 0 Å². The van der Waals surface area contributed by atoms with Crippen molar-refractivity contribution < 1.29 is 30.6 Å². The van der Waals surface area contributed by atoms with Crippen molar-refractivity contribution >= 4 is 0 Å². The molecule has 0 aliphatic rings. The number of benzene rings is 3. The molecule has 0 radical (unpaired) electrons. The Bertz CT molecular complexity index is 950. The Hall–Kier alpha value is -2.90. The Kier molecular flexibility index (Phi) is 7.53. The first-order chi connectivity index (χ1) is 15.5. The van der Waals surface area contributed by atoms with E-state index in [9.17, 15) is 30.6 Å². The van der Waals surface area contributed by atoms with Crippen LogP contribution in [-0.4, -0.2) is 30.6 Å². The van der Waals surface area contributed by atoms with E-state index in [1.54, 1.807) is 24.3 Å². The van der Waals surface area contributed by atoms with Crippen LogP contribution in [-0.2, 0) is 31.8 Å². The summed E-state index contributed by atoms with van der Waals surface area (Å²) < 4.78 is 0. The van der Waals surface area contributed by atoms with Gasteiger partial charge in [0.05, 0.1) is 26.4 Å². The van der Waals surface area contributed by atoms with Crippen molar-refractivity contribution in [2.24, 2.45) is 0 Å². The standard InChI is InChI=1S/C26H30O6/c1-2-8-26(21-6-4-3-5-7-21,22-9-17(13-27)24(31)18(10-22)14-28)23-11-19(15-29)25(32)20(12-23)16-30/h3-7,9-12,27-32H,2,8,13-16H2,1H3. The molecule has 0 aliphatic carbocycles. The predicted molar refractivity (Wildman–Crippen MR) is 121 cm³/mol. The normalized spacial score (nSPS) is 11.7. The van der Waals surface area contributed by atoms with E-state index in [4.69, 9.17) is 0 Å². The first-order valence-corrected chi connectivity index (χ1v) is 10.7. The lowest BCUT2D eigenvalue weighted by atomic mass is 9.65. The van der Waals surface area contributed by atoms with E-state index in [1.807, 2.05) is 37.3 Å². The molecule has 0 aromatic heterocycles. The molecule has 3 aromatic rings. The van der Waals surface area contributed by atoms with E-state index >= 15 is 0 Å². The van der Waals surface area contributed by atoms with E-state index in [1.165, 1.54) is 0 Å². The first-order valence-electron chi connectivity index (χ1n) is 10.7. The summed E-state index contributed by atoms with van der Waals surface area (Å²) in [6.45, 7) is 0.441. The maximum absolute atomic E-state index is 10.4. The van der Waals surface area contributed by atoms with Gasteiger partial charge in [-0.2, -0.15) is 0 Å². The second-order valence-corrected chi connectivity index (χ2v) is 7.94. The third-order valence-electron chi connectivity index (χ3n) is 6.09. The van der Waals surface area contributed by atoms with Gasteiger partial charge in [0.1, 0.15) is 11.5 Å². The Morgan fingerprint density at radius 2 is 0.969 bits per heavy atom. The van der Waals surface area contributed by atoms with Crippen molar-refractivity contribution in [2.75, 3.05) is 0 Å². The van der Waals surface area contributed by atoms with E-state index < -0.39 is 31.8 Å². The van der Waals surface area contributed by atoms with Gasteiger partial charge in [0.2, 0.25) is 0 Å². The molecule has 0 saturated carbocycles. The highest BCUT2D eigenvalue weighted by Gasteiger charge is 2.37. The number of aliphatic hydroxyl groups is 4. The largest absolute Gasteiger partial charge is 0.507 e. The molecule has 0 amide bonds. The number of phenols is 2. The van der Waals surface area contributed by atoms with E-state index in [2.05, 4.69) is 0 Å². The number of hydrogen-bond acceptors (Lipinski definition) is 6. The van der Waals surface area contributed by atoms with Crippen LogP contribution < -0.4 is 0 Å². The fourth-order valence-electron chi connectivity index (χ4n) is 4.53. The molecule has 0 heterocycles. The molecule has 3 rings (SSSR count). The van der Waals surface area contributed by atoms with E-state index in [0.717, 1.165) is 23.1 Å². The molecule has 0 spiro atoms. The summed E-state index contributed by atoms with van der Waals surface area (Å²) in [7, 11) is 0. The Morgan fingerprint density at radius 3 is 1.28 bits per heavy atom. The molecule has 0 unspecified atom stereocenters. The van der Waals surface area contributed by atoms with Crippen molar-refractivity contribution in [3.8, 4) is 11.5 Å². The highest BCUT2D eigenvalue weighted by atomic mass is 16.3. The van der Waals surface area contributed by atoms with Gasteiger partial charge in [0, 0.05) is 27.7 Å². The van der Waals surface area contributed by atoms with Crippen molar-refractivity contribution in [1.29, 1.82) is 0 Å². The third kappa shape index (κ3) is 4.10. The summed E-state index contributed by atoms with van der Waals surface area (Å²) in [6, 6.07) is 16.6. The van der Waals surface area contributed by atoms with Crippen molar-refractivity contribution in [2.45, 2.75) is 51.6 Å². The predicted octanol–water partition coefficient (Wildman–Crippen LogP) is 3.20. The SMILES string of the molecule is CCCC(c1ccccc1)(c1cc(CO)c(O)c(CO)c1)c1cc(CO)c(O)c(CO)c1. The molecule has 0 bridgehead atoms. The lowest BCUT2D eigenvalue weighted by molar-refractivity contribution is 0.263. The summed E-state index contributed by atoms with van der Waals surface area (Å²) in [5.41, 5.74) is 2.82. The minimum Gasteiger partial charge on any atom is -0.507 e. The monoisotopic (exact) mass is 438 g/mol. The average molecular weight is 439 g/mol. The van der Waals surface area contributed by atoms with Crippen molar-refractivity contribution in [1.82, 2.24) is 0 Å². The minimum absolute atomic E-state index is 0.144. The molecule has 6 nitrogen and oxygen atoms in total. The summed E-state index contributed by atoms with van der Waals surface area (Å²) in [5.74, 6) is -0.287. The van der Waals surface area contributed by atoms with Crippen LogP contribution in [0.25, 0.3) is 0 Å². The number of hydrogen-bond donors (Lipinski definition) is 6. The number of rotatable bonds is 9. The topological polar surface area (TPSA) is 121 Å². The maximum atomic E-state index is 10.4. The van der Waals surface area contributed by atoms with Crippen LogP contribution in [0.1, 0.15) is 58.7 Å². The zero-order chi connectivity index (χ0) is 23.3. The molecule has 0 aliphatic heterocycles. The Labute approximate surface area is 187 Å². The zero-order valence-corrected chi connectivity index (χ0v) is 18.1. The van der Waals surface area contributed by atoms with Crippen LogP contribution in [0, 0.1) is 0 Å². The molecule has 0 atom stereocenters. The summed E-state index contributed by atoms with van der Waals surface area (Å²) in [5, 5.41) is 60.3. The molecule has 6 heteroatoms. The first kappa shape index (κ1) is 23.8. The van der Waals surface area contributed by atoms with Gasteiger partial charge in [-0.3, -0.25) is 0 Å². The van der Waals surface area contributed by atoms with Crippen LogP contribution in [0.5, 0.6) is 11.5 Å². The molecular weight excluding hydrogens is 408 g/mol. The maximum Gasteiger partial charge on any atom is 0.126 e. The average Bonchev–Trinajstić information content (AvgIpc) is 2.83. The molecule has 3 aromatic carbocycles. The van der Waals surface area contributed by atoms with Gasteiger partial charge < -0.3 is 30.6 Å². The second-order valence-electron chi connectivity index (χ2n) is 7.94. The number of aliphatic hydroxyl groups excluding tert-OH is 4. The zero-order valence-electron chi connectivity index (χ0n) is 18.1. The minimum atomic E-state index is -0.793. The summed E-state index contributed by atoms with van der Waals surface area (Å²) in [4.78, 5) is 0. The molecule has 6 N–H and O–H groups in total. The van der Waals surface area contributed by atoms with Gasteiger partial charge in [0.15, 0.2) is 0 Å². The van der Waals surface area contributed by atoms with E-state index in [-0.39, 0.29) is 11.5 Å². The smallest absolute Gasteiger partial charge is 0.126 e. The Balaban J connectivity index is 2.47. The highest BCUT2D eigenvalue weighted by molar-refractivity contribution is 5.58. The molecule has 170 valence electrons. The molecular formula is C26H30O6. The molecule has 0 saturated heterocycles. The van der Waals surface area contributed by atoms with Gasteiger partial charge in [-0.25, -0.2) is 0 Å². The van der Waals surface area contributed by atoms with Gasteiger partial charge in [-0.15, -0.1) is 0 Å². The van der Waals surface area contributed by atoms with Crippen LogP contribution in [0.2, 0.25) is 0 Å². The highest BCUT2D eigenvalue weighted by Crippen LogP contribution is 2.46. The van der Waals surface area contributed by atoms with Crippen LogP contribution in [0.15, 0.2) is 54.6 Å². The fourth-order valence-corrected chi connectivity index (χ4v) is 4.53. The molecule has 0 fully saturated rings. The van der Waals surface area contributed by atoms with Crippen molar-refractivity contribution in [3.05, 3.63) is 93.5 Å². The fraction of sp³-hybridized carbons (Fsp3) is 0.308. The summed E-state index contributed by atoms with van der Waals surface area (Å²) in [6.07, 6.45) is 1.39. The lowest BCUT2D eigenvalue weighted by Gasteiger charge is -2.37. The van der Waals surface area contributed by atoms with E-state index in [0.29, 0.717) is 28.7 Å². The van der Waals surface area contributed by atoms with Gasteiger partial charge in [-0.1, -0.05) is 43.7 Å². The third-order valence-corrected chi connectivity index (χ3v) is 6.09. The van der Waals surface area contributed by atoms with Crippen molar-refractivity contribution in [3.63, 3.8) is 0 Å². The Morgan fingerprint density at radius 1 is 0.594 bits per heavy atom. The second kappa shape index (κ2) is 10.1. The summed E-state index contributed by atoms with van der Waals surface area (Å²) >= 11 is 0. The molecule has 32 heavy (non-hydrogen) atoms. The van der Waals surface area contributed by atoms with Crippen LogP contribution in [0.4, 0.5) is 0 Å². The van der Waals surface area contributed by atoms with Crippen LogP contribution >= 0.6 is 0 Å². The van der Waals surface area contributed by atoms with Gasteiger partial charge >= 0.3 is 0 Å².